The van der Waals surface area contributed by atoms with Crippen molar-refractivity contribution in [3.8, 4) is 5.88 Å². The minimum Gasteiger partial charge on any atom is -0.493 e. The fraction of sp³-hybridized carbons (Fsp3) is 0.273. The van der Waals surface area contributed by atoms with Gasteiger partial charge < -0.3 is 5.11 Å². The Bertz CT molecular complexity index is 557. The van der Waals surface area contributed by atoms with Crippen molar-refractivity contribution in [1.82, 2.24) is 9.97 Å². The summed E-state index contributed by atoms with van der Waals surface area (Å²) in [4.78, 5) is 7.40. The third kappa shape index (κ3) is 1.59. The van der Waals surface area contributed by atoms with E-state index in [1.807, 2.05) is 13.8 Å². The lowest BCUT2D eigenvalue weighted by atomic mass is 10.0. The zero-order valence-corrected chi connectivity index (χ0v) is 9.59. The van der Waals surface area contributed by atoms with E-state index < -0.39 is 5.82 Å². The van der Waals surface area contributed by atoms with Crippen molar-refractivity contribution in [2.45, 2.75) is 19.8 Å². The van der Waals surface area contributed by atoms with Crippen LogP contribution in [0.3, 0.4) is 0 Å². The lowest BCUT2D eigenvalue weighted by Gasteiger charge is -2.11. The molecule has 1 aromatic heterocycles. The van der Waals surface area contributed by atoms with Crippen LogP contribution in [0.1, 0.15) is 25.3 Å². The predicted molar refractivity (Wildman–Crippen MR) is 60.3 cm³/mol. The van der Waals surface area contributed by atoms with E-state index in [4.69, 9.17) is 11.6 Å². The summed E-state index contributed by atoms with van der Waals surface area (Å²) in [7, 11) is 0. The second-order valence-corrected chi connectivity index (χ2v) is 4.24. The third-order valence-corrected chi connectivity index (χ3v) is 2.73. The average Bonchev–Trinajstić information content (AvgIpc) is 2.19. The Morgan fingerprint density at radius 1 is 1.38 bits per heavy atom. The van der Waals surface area contributed by atoms with Crippen LogP contribution in [-0.4, -0.2) is 15.1 Å². The molecule has 0 unspecified atom stereocenters. The zero-order valence-electron chi connectivity index (χ0n) is 8.83. The molecule has 0 aliphatic heterocycles. The molecule has 84 valence electrons. The van der Waals surface area contributed by atoms with Crippen molar-refractivity contribution < 1.29 is 9.50 Å². The van der Waals surface area contributed by atoms with Crippen LogP contribution >= 0.6 is 11.6 Å². The standard InChI is InChI=1S/C11H10ClFN2O/c1-5(2)8-7(12)3-6-10(9(8)13)14-4-15-11(6)16/h3-5H,1-2H3,(H,14,15,16). The van der Waals surface area contributed by atoms with Gasteiger partial charge in [-0.15, -0.1) is 0 Å². The van der Waals surface area contributed by atoms with Crippen molar-refractivity contribution >= 4 is 22.5 Å². The second kappa shape index (κ2) is 3.87. The number of fused-ring (bicyclic) bond motifs is 1. The highest BCUT2D eigenvalue weighted by Gasteiger charge is 2.17. The number of nitrogens with zero attached hydrogens (tertiary/aromatic N) is 2. The van der Waals surface area contributed by atoms with Crippen LogP contribution < -0.4 is 0 Å². The molecule has 0 fully saturated rings. The summed E-state index contributed by atoms with van der Waals surface area (Å²) in [5.74, 6) is -0.801. The fourth-order valence-electron chi connectivity index (χ4n) is 1.66. The molecule has 1 N–H and O–H groups in total. The van der Waals surface area contributed by atoms with E-state index in [1.165, 1.54) is 6.07 Å². The maximum atomic E-state index is 14.1. The van der Waals surface area contributed by atoms with Gasteiger partial charge in [0.25, 0.3) is 0 Å². The van der Waals surface area contributed by atoms with E-state index in [9.17, 15) is 9.50 Å². The normalized spacial score (nSPS) is 11.3. The van der Waals surface area contributed by atoms with Gasteiger partial charge in [-0.05, 0) is 12.0 Å². The second-order valence-electron chi connectivity index (χ2n) is 3.83. The molecule has 0 bridgehead atoms. The van der Waals surface area contributed by atoms with E-state index in [2.05, 4.69) is 9.97 Å². The van der Waals surface area contributed by atoms with E-state index in [1.54, 1.807) is 0 Å². The lowest BCUT2D eigenvalue weighted by molar-refractivity contribution is 0.458. The maximum absolute atomic E-state index is 14.1. The van der Waals surface area contributed by atoms with Gasteiger partial charge in [0.15, 0.2) is 5.82 Å². The van der Waals surface area contributed by atoms with E-state index >= 15 is 0 Å². The molecule has 0 saturated carbocycles. The first kappa shape index (κ1) is 11.1. The molecule has 0 saturated heterocycles. The summed E-state index contributed by atoms with van der Waals surface area (Å²) in [6.07, 6.45) is 1.12. The highest BCUT2D eigenvalue weighted by Crippen LogP contribution is 2.34. The molecule has 5 heteroatoms. The number of hydrogen-bond donors (Lipinski definition) is 1. The minimum atomic E-state index is -0.491. The van der Waals surface area contributed by atoms with E-state index in [0.29, 0.717) is 5.56 Å². The quantitative estimate of drug-likeness (QED) is 0.832. The molecule has 1 aromatic carbocycles. The van der Waals surface area contributed by atoms with Gasteiger partial charge in [0, 0.05) is 10.6 Å². The topological polar surface area (TPSA) is 46.0 Å². The van der Waals surface area contributed by atoms with Crippen molar-refractivity contribution in [2.75, 3.05) is 0 Å². The van der Waals surface area contributed by atoms with Crippen LogP contribution in [-0.2, 0) is 0 Å². The molecule has 2 aromatic rings. The Labute approximate surface area is 96.9 Å². The van der Waals surface area contributed by atoms with Gasteiger partial charge in [-0.25, -0.2) is 14.4 Å². The van der Waals surface area contributed by atoms with Crippen LogP contribution in [0.15, 0.2) is 12.4 Å². The van der Waals surface area contributed by atoms with Crippen molar-refractivity contribution in [3.63, 3.8) is 0 Å². The molecule has 0 amide bonds. The van der Waals surface area contributed by atoms with Crippen LogP contribution in [0, 0.1) is 5.82 Å². The number of aromatic hydroxyl groups is 1. The van der Waals surface area contributed by atoms with Gasteiger partial charge in [-0.1, -0.05) is 25.4 Å². The first-order chi connectivity index (χ1) is 7.52. The van der Waals surface area contributed by atoms with Gasteiger partial charge in [-0.3, -0.25) is 0 Å². The summed E-state index contributed by atoms with van der Waals surface area (Å²) < 4.78 is 14.1. The van der Waals surface area contributed by atoms with E-state index in [-0.39, 0.29) is 27.7 Å². The van der Waals surface area contributed by atoms with Crippen molar-refractivity contribution in [1.29, 1.82) is 0 Å². The smallest absolute Gasteiger partial charge is 0.222 e. The fourth-order valence-corrected chi connectivity index (χ4v) is 2.07. The number of rotatable bonds is 1. The highest BCUT2D eigenvalue weighted by atomic mass is 35.5. The molecule has 0 radical (unpaired) electrons. The molecular weight excluding hydrogens is 231 g/mol. The Kier molecular flexibility index (Phi) is 2.68. The third-order valence-electron chi connectivity index (χ3n) is 2.41. The Hall–Kier alpha value is -1.42. The molecule has 16 heavy (non-hydrogen) atoms. The monoisotopic (exact) mass is 240 g/mol. The molecule has 3 nitrogen and oxygen atoms in total. The van der Waals surface area contributed by atoms with Crippen LogP contribution in [0.25, 0.3) is 10.9 Å². The number of hydrogen-bond acceptors (Lipinski definition) is 3. The molecule has 2 rings (SSSR count). The first-order valence-electron chi connectivity index (χ1n) is 4.84. The van der Waals surface area contributed by atoms with Gasteiger partial charge in [0.2, 0.25) is 5.88 Å². The SMILES string of the molecule is CC(C)c1c(Cl)cc2c(O)ncnc2c1F. The average molecular weight is 241 g/mol. The van der Waals surface area contributed by atoms with E-state index in [0.717, 1.165) is 6.33 Å². The maximum Gasteiger partial charge on any atom is 0.222 e. The minimum absolute atomic E-state index is 0.0472. The number of benzene rings is 1. The summed E-state index contributed by atoms with van der Waals surface area (Å²) in [5.41, 5.74) is 0.507. The van der Waals surface area contributed by atoms with Crippen molar-refractivity contribution in [3.05, 3.63) is 28.8 Å². The lowest BCUT2D eigenvalue weighted by Crippen LogP contribution is -1.98. The summed E-state index contributed by atoms with van der Waals surface area (Å²) in [6.45, 7) is 3.69. The van der Waals surface area contributed by atoms with Gasteiger partial charge in [0.1, 0.15) is 11.8 Å². The summed E-state index contributed by atoms with van der Waals surface area (Å²) >= 11 is 5.97. The van der Waals surface area contributed by atoms with Gasteiger partial charge in [0.05, 0.1) is 5.39 Å². The van der Waals surface area contributed by atoms with Crippen LogP contribution in [0.4, 0.5) is 4.39 Å². The molecule has 0 atom stereocenters. The Morgan fingerprint density at radius 3 is 2.69 bits per heavy atom. The first-order valence-corrected chi connectivity index (χ1v) is 5.21. The number of halogens is 2. The summed E-state index contributed by atoms with van der Waals surface area (Å²) in [5, 5.41) is 9.99. The van der Waals surface area contributed by atoms with Gasteiger partial charge >= 0.3 is 0 Å². The molecule has 1 heterocycles. The van der Waals surface area contributed by atoms with Crippen molar-refractivity contribution in [2.24, 2.45) is 0 Å². The Morgan fingerprint density at radius 2 is 2.06 bits per heavy atom. The zero-order chi connectivity index (χ0) is 11.9. The van der Waals surface area contributed by atoms with Crippen LogP contribution in [0.2, 0.25) is 5.02 Å². The summed E-state index contributed by atoms with van der Waals surface area (Å²) in [6, 6.07) is 1.49. The van der Waals surface area contributed by atoms with Gasteiger partial charge in [-0.2, -0.15) is 0 Å². The molecular formula is C11H10ClFN2O. The number of aromatic nitrogens is 2. The molecule has 0 spiro atoms. The Balaban J connectivity index is 2.89. The highest BCUT2D eigenvalue weighted by molar-refractivity contribution is 6.32. The predicted octanol–water partition coefficient (Wildman–Crippen LogP) is 3.25. The largest absolute Gasteiger partial charge is 0.493 e. The van der Waals surface area contributed by atoms with Crippen LogP contribution in [0.5, 0.6) is 5.88 Å². The molecule has 0 aliphatic carbocycles. The molecule has 0 aliphatic rings.